The topological polar surface area (TPSA) is 58.8 Å². The molecule has 2 fully saturated rings. The number of hydrogen-bond acceptors (Lipinski definition) is 6. The van der Waals surface area contributed by atoms with E-state index >= 15 is 0 Å². The Morgan fingerprint density at radius 2 is 1.75 bits per heavy atom. The molecule has 2 aliphatic rings. The molecule has 7 nitrogen and oxygen atoms in total. The van der Waals surface area contributed by atoms with Crippen LogP contribution >= 0.6 is 0 Å². The molecule has 0 saturated carbocycles. The van der Waals surface area contributed by atoms with Crippen LogP contribution in [0.2, 0.25) is 0 Å². The van der Waals surface area contributed by atoms with Crippen molar-refractivity contribution >= 4 is 11.5 Å². The van der Waals surface area contributed by atoms with Gasteiger partial charge in [-0.2, -0.15) is 4.52 Å². The number of nitrogens with zero attached hydrogens (tertiary/aromatic N) is 6. The summed E-state index contributed by atoms with van der Waals surface area (Å²) in [6.45, 7) is 9.52. The quantitative estimate of drug-likeness (QED) is 0.606. The lowest BCUT2D eigenvalue weighted by atomic mass is 9.93. The number of aromatic nitrogens is 4. The lowest BCUT2D eigenvalue weighted by Gasteiger charge is -2.37. The average Bonchev–Trinajstić information content (AvgIpc) is 3.21. The van der Waals surface area contributed by atoms with Gasteiger partial charge in [-0.3, -0.25) is 4.90 Å². The predicted octanol–water partition coefficient (Wildman–Crippen LogP) is 3.65. The third-order valence-corrected chi connectivity index (χ3v) is 6.65. The second-order valence-corrected chi connectivity index (χ2v) is 9.20. The minimum absolute atomic E-state index is 0.320. The molecule has 170 valence electrons. The minimum atomic E-state index is -0.320. The summed E-state index contributed by atoms with van der Waals surface area (Å²) in [6, 6.07) is 10.5. The molecule has 0 radical (unpaired) electrons. The molecule has 3 aromatic rings. The number of morpholine rings is 1. The summed E-state index contributed by atoms with van der Waals surface area (Å²) in [4.78, 5) is 4.87. The van der Waals surface area contributed by atoms with Gasteiger partial charge in [0, 0.05) is 26.2 Å². The van der Waals surface area contributed by atoms with Crippen molar-refractivity contribution in [3.05, 3.63) is 42.2 Å². The summed E-state index contributed by atoms with van der Waals surface area (Å²) >= 11 is 0. The number of rotatable bonds is 5. The Bertz CT molecular complexity index is 1050. The van der Waals surface area contributed by atoms with E-state index < -0.39 is 0 Å². The van der Waals surface area contributed by atoms with E-state index in [1.165, 1.54) is 12.5 Å². The Balaban J connectivity index is 1.22. The van der Waals surface area contributed by atoms with Gasteiger partial charge in [0.15, 0.2) is 11.5 Å². The molecule has 0 amide bonds. The highest BCUT2D eigenvalue weighted by Gasteiger charge is 2.25. The van der Waals surface area contributed by atoms with Crippen molar-refractivity contribution in [3.63, 3.8) is 0 Å². The lowest BCUT2D eigenvalue weighted by molar-refractivity contribution is -0.0690. The molecule has 2 unspecified atom stereocenters. The lowest BCUT2D eigenvalue weighted by Crippen LogP contribution is -2.46. The maximum atomic E-state index is 14.3. The largest absolute Gasteiger partial charge is 0.373 e. The molecule has 1 aromatic carbocycles. The molecule has 0 spiro atoms. The Morgan fingerprint density at radius 3 is 2.50 bits per heavy atom. The first kappa shape index (κ1) is 21.3. The van der Waals surface area contributed by atoms with Crippen LogP contribution in [0.4, 0.5) is 10.2 Å². The third kappa shape index (κ3) is 4.47. The van der Waals surface area contributed by atoms with Crippen molar-refractivity contribution in [1.82, 2.24) is 24.7 Å². The van der Waals surface area contributed by atoms with Gasteiger partial charge >= 0.3 is 0 Å². The molecule has 32 heavy (non-hydrogen) atoms. The van der Waals surface area contributed by atoms with Crippen molar-refractivity contribution in [1.29, 1.82) is 0 Å². The van der Waals surface area contributed by atoms with E-state index in [2.05, 4.69) is 33.8 Å². The Hall–Kier alpha value is -2.58. The van der Waals surface area contributed by atoms with E-state index in [9.17, 15) is 4.39 Å². The summed E-state index contributed by atoms with van der Waals surface area (Å²) < 4.78 is 21.8. The summed E-state index contributed by atoms with van der Waals surface area (Å²) in [5.41, 5.74) is 1.03. The minimum Gasteiger partial charge on any atom is -0.373 e. The number of benzene rings is 1. The fraction of sp³-hybridized carbons (Fsp3) is 0.542. The van der Waals surface area contributed by atoms with E-state index in [0.29, 0.717) is 29.2 Å². The SMILES string of the molecule is CC1CN(CCC2CCN(c3ccc4nnc(-c5ccccc5F)n4n3)CC2)CC(C)O1. The van der Waals surface area contributed by atoms with Gasteiger partial charge in [0.2, 0.25) is 0 Å². The van der Waals surface area contributed by atoms with Crippen LogP contribution in [-0.2, 0) is 4.74 Å². The van der Waals surface area contributed by atoms with Gasteiger partial charge in [-0.15, -0.1) is 15.3 Å². The van der Waals surface area contributed by atoms with Crippen LogP contribution in [0.15, 0.2) is 36.4 Å². The van der Waals surface area contributed by atoms with Gasteiger partial charge in [0.1, 0.15) is 11.6 Å². The standard InChI is InChI=1S/C24H31FN6O/c1-17-15-29(16-18(2)32-17)12-9-19-10-13-30(14-11-19)23-8-7-22-26-27-24(31(22)28-23)20-5-3-4-6-21(20)25/h3-8,17-19H,9-16H2,1-2H3. The smallest absolute Gasteiger partial charge is 0.188 e. The Morgan fingerprint density at radius 1 is 1.00 bits per heavy atom. The first-order valence-corrected chi connectivity index (χ1v) is 11.7. The zero-order chi connectivity index (χ0) is 22.1. The van der Waals surface area contributed by atoms with Crippen molar-refractivity contribution in [2.75, 3.05) is 37.6 Å². The molecule has 2 aromatic heterocycles. The number of anilines is 1. The Kier molecular flexibility index (Phi) is 6.06. The fourth-order valence-corrected chi connectivity index (χ4v) is 5.04. The van der Waals surface area contributed by atoms with Crippen molar-refractivity contribution < 1.29 is 9.13 Å². The molecule has 0 aliphatic carbocycles. The third-order valence-electron chi connectivity index (χ3n) is 6.65. The molecule has 2 saturated heterocycles. The van der Waals surface area contributed by atoms with Crippen LogP contribution in [0.1, 0.15) is 33.1 Å². The number of piperidine rings is 1. The molecular formula is C24H31FN6O. The molecule has 2 atom stereocenters. The first-order valence-electron chi connectivity index (χ1n) is 11.7. The summed E-state index contributed by atoms with van der Waals surface area (Å²) in [6.07, 6.45) is 4.22. The molecule has 0 N–H and O–H groups in total. The van der Waals surface area contributed by atoms with Crippen LogP contribution < -0.4 is 4.90 Å². The average molecular weight is 439 g/mol. The monoisotopic (exact) mass is 438 g/mol. The van der Waals surface area contributed by atoms with Crippen molar-refractivity contribution in [2.45, 2.75) is 45.3 Å². The molecular weight excluding hydrogens is 407 g/mol. The summed E-state index contributed by atoms with van der Waals surface area (Å²) in [5, 5.41) is 13.1. The number of halogens is 1. The summed E-state index contributed by atoms with van der Waals surface area (Å²) in [5.74, 6) is 1.75. The van der Waals surface area contributed by atoms with E-state index in [1.54, 1.807) is 22.7 Å². The Labute approximate surface area is 188 Å². The second kappa shape index (κ2) is 9.11. The van der Waals surface area contributed by atoms with Crippen molar-refractivity contribution in [3.8, 4) is 11.4 Å². The van der Waals surface area contributed by atoms with E-state index in [-0.39, 0.29) is 5.82 Å². The van der Waals surface area contributed by atoms with E-state index in [4.69, 9.17) is 9.84 Å². The number of fused-ring (bicyclic) bond motifs is 1. The highest BCUT2D eigenvalue weighted by molar-refractivity contribution is 5.60. The second-order valence-electron chi connectivity index (χ2n) is 9.20. The van der Waals surface area contributed by atoms with E-state index in [0.717, 1.165) is 57.3 Å². The normalized spacial score (nSPS) is 23.2. The highest BCUT2D eigenvalue weighted by Crippen LogP contribution is 2.26. The fourth-order valence-electron chi connectivity index (χ4n) is 5.04. The maximum absolute atomic E-state index is 14.3. The van der Waals surface area contributed by atoms with E-state index in [1.807, 2.05) is 12.1 Å². The predicted molar refractivity (Wildman–Crippen MR) is 122 cm³/mol. The molecule has 4 heterocycles. The van der Waals surface area contributed by atoms with Gasteiger partial charge in [-0.05, 0) is 69.8 Å². The summed E-state index contributed by atoms with van der Waals surface area (Å²) in [7, 11) is 0. The van der Waals surface area contributed by atoms with Crippen LogP contribution in [0.3, 0.4) is 0 Å². The van der Waals surface area contributed by atoms with Crippen LogP contribution in [0.25, 0.3) is 17.0 Å². The van der Waals surface area contributed by atoms with Gasteiger partial charge in [-0.25, -0.2) is 4.39 Å². The van der Waals surface area contributed by atoms with Crippen LogP contribution in [-0.4, -0.2) is 69.6 Å². The number of hydrogen-bond donors (Lipinski definition) is 0. The van der Waals surface area contributed by atoms with Crippen LogP contribution in [0.5, 0.6) is 0 Å². The zero-order valence-electron chi connectivity index (χ0n) is 18.8. The number of ether oxygens (including phenoxy) is 1. The molecule has 0 bridgehead atoms. The van der Waals surface area contributed by atoms with Gasteiger partial charge < -0.3 is 9.64 Å². The molecule has 2 aliphatic heterocycles. The van der Waals surface area contributed by atoms with Crippen molar-refractivity contribution in [2.24, 2.45) is 5.92 Å². The van der Waals surface area contributed by atoms with Gasteiger partial charge in [0.25, 0.3) is 0 Å². The van der Waals surface area contributed by atoms with Gasteiger partial charge in [-0.1, -0.05) is 12.1 Å². The van der Waals surface area contributed by atoms with Crippen LogP contribution in [0, 0.1) is 11.7 Å². The molecule has 5 rings (SSSR count). The first-order chi connectivity index (χ1) is 15.6. The zero-order valence-corrected chi connectivity index (χ0v) is 18.8. The molecule has 8 heteroatoms. The van der Waals surface area contributed by atoms with Gasteiger partial charge in [0.05, 0.1) is 17.8 Å². The highest BCUT2D eigenvalue weighted by atomic mass is 19.1. The maximum Gasteiger partial charge on any atom is 0.188 e.